The minimum atomic E-state index is -0.499. The highest BCUT2D eigenvalue weighted by molar-refractivity contribution is 6.00. The van der Waals surface area contributed by atoms with Crippen molar-refractivity contribution in [2.45, 2.75) is 18.9 Å². The van der Waals surface area contributed by atoms with Crippen LogP contribution >= 0.6 is 12.4 Å². The third-order valence-corrected chi connectivity index (χ3v) is 7.30. The Bertz CT molecular complexity index is 1560. The molecule has 4 aromatic rings. The van der Waals surface area contributed by atoms with Gasteiger partial charge in [-0.25, -0.2) is 4.98 Å². The molecule has 1 amide bonds. The van der Waals surface area contributed by atoms with Crippen LogP contribution in [0.25, 0.3) is 28.4 Å². The summed E-state index contributed by atoms with van der Waals surface area (Å²) in [4.78, 5) is 32.5. The maximum atomic E-state index is 13.7. The lowest BCUT2D eigenvalue weighted by Gasteiger charge is -2.36. The number of ether oxygens (including phenoxy) is 3. The van der Waals surface area contributed by atoms with Crippen LogP contribution in [0.3, 0.4) is 0 Å². The normalized spacial score (nSPS) is 14.5. The van der Waals surface area contributed by atoms with Crippen LogP contribution in [0.5, 0.6) is 11.5 Å². The van der Waals surface area contributed by atoms with Crippen molar-refractivity contribution >= 4 is 41.4 Å². The molecule has 1 aliphatic rings. The van der Waals surface area contributed by atoms with Crippen molar-refractivity contribution in [2.75, 3.05) is 27.9 Å². The molecule has 8 nitrogen and oxygen atoms in total. The number of halogens is 1. The topological polar surface area (TPSA) is 82.9 Å². The lowest BCUT2D eigenvalue weighted by atomic mass is 9.89. The standard InChI is InChI=1S/C31H31N3O5.ClH/c1-33-30(20-9-6-5-7-10-20)22(23-11-8-15-32-31(23)33)12-13-28(35)34-16-14-21-17-26(37-2)27(38-3)18-24(21)25(34)19-29(36)39-4;/h5-13,15,17-18,25H,14,16,19H2,1-4H3;1H/b13-12+;. The number of rotatable bonds is 7. The van der Waals surface area contributed by atoms with Crippen LogP contribution in [0.2, 0.25) is 0 Å². The molecule has 0 bridgehead atoms. The molecule has 2 aromatic carbocycles. The van der Waals surface area contributed by atoms with E-state index in [1.807, 2.05) is 72.3 Å². The van der Waals surface area contributed by atoms with Gasteiger partial charge in [-0.3, -0.25) is 9.59 Å². The summed E-state index contributed by atoms with van der Waals surface area (Å²) in [6, 6.07) is 17.2. The molecular weight excluding hydrogens is 530 g/mol. The summed E-state index contributed by atoms with van der Waals surface area (Å²) in [6.07, 6.45) is 5.87. The molecule has 5 rings (SSSR count). The predicted molar refractivity (Wildman–Crippen MR) is 157 cm³/mol. The number of fused-ring (bicyclic) bond motifs is 2. The van der Waals surface area contributed by atoms with Gasteiger partial charge in [-0.05, 0) is 53.5 Å². The number of aryl methyl sites for hydroxylation is 1. The molecule has 1 unspecified atom stereocenters. The Hall–Kier alpha value is -4.30. The minimum Gasteiger partial charge on any atom is -0.493 e. The summed E-state index contributed by atoms with van der Waals surface area (Å²) >= 11 is 0. The molecular formula is C31H32ClN3O5. The first-order chi connectivity index (χ1) is 19.0. The molecule has 0 spiro atoms. The number of methoxy groups -OCH3 is 3. The van der Waals surface area contributed by atoms with E-state index < -0.39 is 12.0 Å². The first-order valence-electron chi connectivity index (χ1n) is 12.8. The molecule has 0 saturated carbocycles. The van der Waals surface area contributed by atoms with Gasteiger partial charge < -0.3 is 23.7 Å². The molecule has 3 heterocycles. The summed E-state index contributed by atoms with van der Waals surface area (Å²) in [5.41, 5.74) is 5.61. The highest BCUT2D eigenvalue weighted by Gasteiger charge is 2.33. The SMILES string of the molecule is COC(=O)CC1c2cc(OC)c(OC)cc2CCN1C(=O)/C=C/c1c(-c2ccccc2)n(C)c2ncccc12.Cl. The smallest absolute Gasteiger partial charge is 0.307 e. The molecule has 0 radical (unpaired) electrons. The summed E-state index contributed by atoms with van der Waals surface area (Å²) < 4.78 is 18.0. The Morgan fingerprint density at radius 2 is 1.75 bits per heavy atom. The maximum absolute atomic E-state index is 13.7. The molecule has 1 atom stereocenters. The quantitative estimate of drug-likeness (QED) is 0.222. The second-order valence-corrected chi connectivity index (χ2v) is 9.38. The van der Waals surface area contributed by atoms with Crippen molar-refractivity contribution in [3.8, 4) is 22.8 Å². The van der Waals surface area contributed by atoms with E-state index >= 15 is 0 Å². The zero-order chi connectivity index (χ0) is 27.5. The molecule has 0 N–H and O–H groups in total. The fraction of sp³-hybridized carbons (Fsp3) is 0.258. The van der Waals surface area contributed by atoms with Crippen molar-refractivity contribution in [1.29, 1.82) is 0 Å². The first-order valence-corrected chi connectivity index (χ1v) is 12.8. The number of amides is 1. The molecule has 208 valence electrons. The van der Waals surface area contributed by atoms with Crippen molar-refractivity contribution in [3.05, 3.63) is 83.6 Å². The van der Waals surface area contributed by atoms with Gasteiger partial charge in [0.1, 0.15) is 5.65 Å². The second-order valence-electron chi connectivity index (χ2n) is 9.38. The van der Waals surface area contributed by atoms with E-state index in [0.717, 1.165) is 39.0 Å². The van der Waals surface area contributed by atoms with E-state index in [1.165, 1.54) is 7.11 Å². The number of hydrogen-bond donors (Lipinski definition) is 0. The maximum Gasteiger partial charge on any atom is 0.307 e. The second kappa shape index (κ2) is 12.3. The monoisotopic (exact) mass is 561 g/mol. The summed E-state index contributed by atoms with van der Waals surface area (Å²) in [5.74, 6) is 0.581. The van der Waals surface area contributed by atoms with Crippen LogP contribution in [-0.2, 0) is 27.8 Å². The van der Waals surface area contributed by atoms with Crippen LogP contribution in [0.1, 0.15) is 29.2 Å². The van der Waals surface area contributed by atoms with E-state index in [0.29, 0.717) is 24.5 Å². The van der Waals surface area contributed by atoms with Gasteiger partial charge >= 0.3 is 5.97 Å². The summed E-state index contributed by atoms with van der Waals surface area (Å²) in [7, 11) is 6.49. The van der Waals surface area contributed by atoms with Crippen LogP contribution < -0.4 is 9.47 Å². The van der Waals surface area contributed by atoms with Gasteiger partial charge in [-0.2, -0.15) is 0 Å². The van der Waals surface area contributed by atoms with E-state index in [1.54, 1.807) is 31.4 Å². The highest BCUT2D eigenvalue weighted by Crippen LogP contribution is 2.40. The van der Waals surface area contributed by atoms with E-state index in [-0.39, 0.29) is 24.7 Å². The average Bonchev–Trinajstić information content (AvgIpc) is 3.26. The molecule has 0 fully saturated rings. The number of aromatic nitrogens is 2. The zero-order valence-corrected chi connectivity index (χ0v) is 23.7. The van der Waals surface area contributed by atoms with Gasteiger partial charge in [0.15, 0.2) is 11.5 Å². The molecule has 1 aliphatic heterocycles. The Balaban J connectivity index is 0.00000370. The van der Waals surface area contributed by atoms with Gasteiger partial charge in [0.2, 0.25) is 5.91 Å². The fourth-order valence-electron chi connectivity index (χ4n) is 5.41. The van der Waals surface area contributed by atoms with Gasteiger partial charge in [0, 0.05) is 36.8 Å². The van der Waals surface area contributed by atoms with E-state index in [2.05, 4.69) is 4.98 Å². The predicted octanol–water partition coefficient (Wildman–Crippen LogP) is 5.38. The third kappa shape index (κ3) is 5.27. The number of hydrogen-bond acceptors (Lipinski definition) is 6. The van der Waals surface area contributed by atoms with E-state index in [4.69, 9.17) is 14.2 Å². The van der Waals surface area contributed by atoms with Crippen molar-refractivity contribution in [2.24, 2.45) is 7.05 Å². The largest absolute Gasteiger partial charge is 0.493 e. The molecule has 2 aromatic heterocycles. The van der Waals surface area contributed by atoms with E-state index in [9.17, 15) is 9.59 Å². The van der Waals surface area contributed by atoms with Crippen LogP contribution in [0, 0.1) is 0 Å². The fourth-order valence-corrected chi connectivity index (χ4v) is 5.41. The van der Waals surface area contributed by atoms with Crippen LogP contribution in [0.4, 0.5) is 0 Å². The number of pyridine rings is 1. The number of nitrogens with zero attached hydrogens (tertiary/aromatic N) is 3. The van der Waals surface area contributed by atoms with Crippen molar-refractivity contribution < 1.29 is 23.8 Å². The number of benzene rings is 2. The Labute approximate surface area is 239 Å². The number of carbonyl (C=O) groups excluding carboxylic acids is 2. The van der Waals surface area contributed by atoms with Crippen molar-refractivity contribution in [3.63, 3.8) is 0 Å². The Morgan fingerprint density at radius 1 is 1.02 bits per heavy atom. The molecule has 9 heteroatoms. The summed E-state index contributed by atoms with van der Waals surface area (Å²) in [5, 5.41) is 0.954. The number of esters is 1. The zero-order valence-electron chi connectivity index (χ0n) is 22.9. The third-order valence-electron chi connectivity index (χ3n) is 7.30. The van der Waals surface area contributed by atoms with Crippen molar-refractivity contribution in [1.82, 2.24) is 14.5 Å². The molecule has 0 saturated heterocycles. The van der Waals surface area contributed by atoms with Gasteiger partial charge in [0.05, 0.1) is 39.5 Å². The first kappa shape index (κ1) is 28.7. The average molecular weight is 562 g/mol. The lowest BCUT2D eigenvalue weighted by molar-refractivity contribution is -0.143. The Morgan fingerprint density at radius 3 is 2.45 bits per heavy atom. The van der Waals surface area contributed by atoms with Gasteiger partial charge in [0.25, 0.3) is 0 Å². The molecule has 0 aliphatic carbocycles. The lowest BCUT2D eigenvalue weighted by Crippen LogP contribution is -2.40. The highest BCUT2D eigenvalue weighted by atomic mass is 35.5. The minimum absolute atomic E-state index is 0. The number of carbonyl (C=O) groups is 2. The Kier molecular flexibility index (Phi) is 8.80. The molecule has 40 heavy (non-hydrogen) atoms. The van der Waals surface area contributed by atoms with Gasteiger partial charge in [-0.1, -0.05) is 30.3 Å². The van der Waals surface area contributed by atoms with Crippen LogP contribution in [0.15, 0.2) is 66.9 Å². The summed E-state index contributed by atoms with van der Waals surface area (Å²) in [6.45, 7) is 0.454. The van der Waals surface area contributed by atoms with Crippen LogP contribution in [-0.4, -0.2) is 54.2 Å². The van der Waals surface area contributed by atoms with Gasteiger partial charge in [-0.15, -0.1) is 12.4 Å².